The van der Waals surface area contributed by atoms with Gasteiger partial charge in [0.15, 0.2) is 11.5 Å². The minimum absolute atomic E-state index is 0.124. The van der Waals surface area contributed by atoms with E-state index in [-0.39, 0.29) is 30.2 Å². The van der Waals surface area contributed by atoms with Crippen molar-refractivity contribution < 1.29 is 38.4 Å². The Morgan fingerprint density at radius 1 is 1.10 bits per heavy atom. The summed E-state index contributed by atoms with van der Waals surface area (Å²) < 4.78 is 24.1. The molecule has 0 spiro atoms. The molecular weight excluding hydrogens is 528 g/mol. The van der Waals surface area contributed by atoms with E-state index >= 15 is 0 Å². The van der Waals surface area contributed by atoms with E-state index in [9.17, 15) is 19.5 Å². The molecule has 2 aromatic carbocycles. The topological polar surface area (TPSA) is 115 Å². The molecule has 1 unspecified atom stereocenters. The highest BCUT2D eigenvalue weighted by Gasteiger charge is 2.41. The maximum absolute atomic E-state index is 14.2. The molecule has 10 nitrogen and oxygen atoms in total. The molecule has 1 saturated heterocycles. The van der Waals surface area contributed by atoms with Crippen LogP contribution in [0, 0.1) is 11.3 Å². The summed E-state index contributed by atoms with van der Waals surface area (Å²) in [5.41, 5.74) is 1.81. The Morgan fingerprint density at radius 3 is 2.61 bits per heavy atom. The van der Waals surface area contributed by atoms with E-state index in [0.717, 1.165) is 0 Å². The number of para-hydroxylation sites is 1. The SMILES string of the molecule is COc1ccc2c(c1)[C@H](c1cccc3c1OCCO3)O[C@@H](CC(=O)N1CCCC(C(=O)O)C1)C(=O)N2CC(C)(C)C. The van der Waals surface area contributed by atoms with Crippen LogP contribution < -0.4 is 19.1 Å². The lowest BCUT2D eigenvalue weighted by atomic mass is 9.93. The van der Waals surface area contributed by atoms with Crippen LogP contribution in [0.4, 0.5) is 5.69 Å². The van der Waals surface area contributed by atoms with Gasteiger partial charge in [0.1, 0.15) is 31.2 Å². The average Bonchev–Trinajstić information content (AvgIpc) is 3.06. The number of nitrogens with zero attached hydrogens (tertiary/aromatic N) is 2. The highest BCUT2D eigenvalue weighted by Crippen LogP contribution is 2.46. The van der Waals surface area contributed by atoms with E-state index < -0.39 is 24.1 Å². The van der Waals surface area contributed by atoms with Crippen molar-refractivity contribution in [1.29, 1.82) is 0 Å². The number of carboxylic acid groups (broad SMARTS) is 1. The average molecular weight is 567 g/mol. The van der Waals surface area contributed by atoms with Gasteiger partial charge in [-0.15, -0.1) is 0 Å². The molecule has 3 atom stereocenters. The Bertz CT molecular complexity index is 1320. The van der Waals surface area contributed by atoms with Gasteiger partial charge in [-0.1, -0.05) is 32.9 Å². The number of rotatable bonds is 6. The fraction of sp³-hybridized carbons (Fsp3) is 0.516. The lowest BCUT2D eigenvalue weighted by Gasteiger charge is -2.33. The lowest BCUT2D eigenvalue weighted by Crippen LogP contribution is -2.47. The lowest BCUT2D eigenvalue weighted by molar-refractivity contribution is -0.148. The summed E-state index contributed by atoms with van der Waals surface area (Å²) in [6, 6.07) is 11.1. The number of methoxy groups -OCH3 is 1. The number of benzene rings is 2. The van der Waals surface area contributed by atoms with Gasteiger partial charge in [0.05, 0.1) is 25.1 Å². The van der Waals surface area contributed by atoms with Crippen molar-refractivity contribution in [3.63, 3.8) is 0 Å². The Labute approximate surface area is 240 Å². The predicted octanol–water partition coefficient (Wildman–Crippen LogP) is 4.05. The molecule has 3 aliphatic rings. The zero-order valence-electron chi connectivity index (χ0n) is 24.1. The maximum Gasteiger partial charge on any atom is 0.308 e. The van der Waals surface area contributed by atoms with Crippen molar-refractivity contribution in [2.45, 2.75) is 52.2 Å². The summed E-state index contributed by atoms with van der Waals surface area (Å²) in [5.74, 6) is -0.429. The number of hydrogen-bond acceptors (Lipinski definition) is 7. The molecule has 3 heterocycles. The zero-order chi connectivity index (χ0) is 29.3. The first-order valence-electron chi connectivity index (χ1n) is 14.1. The van der Waals surface area contributed by atoms with Crippen molar-refractivity contribution in [2.24, 2.45) is 11.3 Å². The molecule has 2 amide bonds. The maximum atomic E-state index is 14.2. The van der Waals surface area contributed by atoms with Gasteiger partial charge in [0.25, 0.3) is 5.91 Å². The number of likely N-dealkylation sites (tertiary alicyclic amines) is 1. The van der Waals surface area contributed by atoms with Crippen LogP contribution in [0.5, 0.6) is 17.2 Å². The summed E-state index contributed by atoms with van der Waals surface area (Å²) in [5, 5.41) is 9.53. The van der Waals surface area contributed by atoms with E-state index in [1.807, 2.05) is 57.2 Å². The molecule has 41 heavy (non-hydrogen) atoms. The molecule has 1 N–H and O–H groups in total. The third-order valence-electron chi connectivity index (χ3n) is 7.64. The monoisotopic (exact) mass is 566 g/mol. The van der Waals surface area contributed by atoms with Gasteiger partial charge in [0, 0.05) is 30.8 Å². The molecule has 0 bridgehead atoms. The third kappa shape index (κ3) is 6.12. The summed E-state index contributed by atoms with van der Waals surface area (Å²) in [7, 11) is 1.58. The molecule has 0 aliphatic carbocycles. The first-order chi connectivity index (χ1) is 19.6. The van der Waals surface area contributed by atoms with Crippen LogP contribution in [-0.4, -0.2) is 73.9 Å². The minimum Gasteiger partial charge on any atom is -0.497 e. The zero-order valence-corrected chi connectivity index (χ0v) is 24.1. The molecule has 5 rings (SSSR count). The first kappa shape index (κ1) is 28.7. The number of carbonyl (C=O) groups is 3. The van der Waals surface area contributed by atoms with Gasteiger partial charge in [-0.05, 0) is 42.5 Å². The van der Waals surface area contributed by atoms with Crippen LogP contribution in [0.1, 0.15) is 57.3 Å². The number of anilines is 1. The van der Waals surface area contributed by atoms with Gasteiger partial charge in [0.2, 0.25) is 5.91 Å². The van der Waals surface area contributed by atoms with Crippen molar-refractivity contribution in [3.8, 4) is 17.2 Å². The Hall–Kier alpha value is -3.79. The quantitative estimate of drug-likeness (QED) is 0.557. The van der Waals surface area contributed by atoms with E-state index in [4.69, 9.17) is 18.9 Å². The molecular formula is C31H38N2O8. The van der Waals surface area contributed by atoms with Crippen LogP contribution in [-0.2, 0) is 19.1 Å². The molecule has 0 radical (unpaired) electrons. The smallest absolute Gasteiger partial charge is 0.308 e. The summed E-state index contributed by atoms with van der Waals surface area (Å²) in [6.45, 7) is 7.91. The molecule has 0 aromatic heterocycles. The molecule has 10 heteroatoms. The fourth-order valence-corrected chi connectivity index (χ4v) is 5.71. The minimum atomic E-state index is -1.11. The van der Waals surface area contributed by atoms with Gasteiger partial charge < -0.3 is 33.9 Å². The molecule has 0 saturated carbocycles. The second kappa shape index (κ2) is 11.6. The highest BCUT2D eigenvalue weighted by molar-refractivity contribution is 6.00. The van der Waals surface area contributed by atoms with Gasteiger partial charge in [-0.25, -0.2) is 0 Å². The normalized spacial score (nSPS) is 22.5. The Balaban J connectivity index is 1.58. The number of piperidine rings is 1. The number of ether oxygens (including phenoxy) is 4. The summed E-state index contributed by atoms with van der Waals surface area (Å²) in [4.78, 5) is 42.7. The van der Waals surface area contributed by atoms with Crippen molar-refractivity contribution in [1.82, 2.24) is 4.90 Å². The van der Waals surface area contributed by atoms with Crippen LogP contribution >= 0.6 is 0 Å². The predicted molar refractivity (Wildman–Crippen MR) is 151 cm³/mol. The highest BCUT2D eigenvalue weighted by atomic mass is 16.6. The second-order valence-electron chi connectivity index (χ2n) is 12.0. The van der Waals surface area contributed by atoms with Crippen LogP contribution in [0.15, 0.2) is 36.4 Å². The van der Waals surface area contributed by atoms with Gasteiger partial charge in [-0.3, -0.25) is 14.4 Å². The molecule has 2 aromatic rings. The first-order valence-corrected chi connectivity index (χ1v) is 14.1. The van der Waals surface area contributed by atoms with E-state index in [0.29, 0.717) is 73.2 Å². The Kier molecular flexibility index (Phi) is 8.13. The number of amides is 2. The van der Waals surface area contributed by atoms with E-state index in [2.05, 4.69) is 0 Å². The van der Waals surface area contributed by atoms with Crippen molar-refractivity contribution >= 4 is 23.5 Å². The number of aliphatic carboxylic acids is 1. The van der Waals surface area contributed by atoms with Crippen molar-refractivity contribution in [2.75, 3.05) is 44.9 Å². The van der Waals surface area contributed by atoms with Crippen LogP contribution in [0.2, 0.25) is 0 Å². The largest absolute Gasteiger partial charge is 0.497 e. The third-order valence-corrected chi connectivity index (χ3v) is 7.64. The van der Waals surface area contributed by atoms with Crippen LogP contribution in [0.25, 0.3) is 0 Å². The number of carboxylic acids is 1. The second-order valence-corrected chi connectivity index (χ2v) is 12.0. The standard InChI is InChI=1S/C31H38N2O8/c1-31(2,3)18-33-23-11-10-20(38-4)15-22(23)27(21-8-5-9-24-28(21)40-14-13-39-24)41-25(29(33)35)16-26(34)32-12-6-7-19(17-32)30(36)37/h5,8-11,15,19,25,27H,6-7,12-14,16-18H2,1-4H3,(H,36,37)/t19?,25-,27-/m0/s1. The van der Waals surface area contributed by atoms with Gasteiger partial charge >= 0.3 is 5.97 Å². The fourth-order valence-electron chi connectivity index (χ4n) is 5.71. The van der Waals surface area contributed by atoms with Crippen LogP contribution in [0.3, 0.4) is 0 Å². The molecule has 3 aliphatic heterocycles. The number of fused-ring (bicyclic) bond motifs is 2. The number of hydrogen-bond donors (Lipinski definition) is 1. The van der Waals surface area contributed by atoms with E-state index in [1.54, 1.807) is 16.9 Å². The van der Waals surface area contributed by atoms with Gasteiger partial charge in [-0.2, -0.15) is 0 Å². The summed E-state index contributed by atoms with van der Waals surface area (Å²) in [6.07, 6.45) is -0.965. The number of carbonyl (C=O) groups excluding carboxylic acids is 2. The Morgan fingerprint density at radius 2 is 1.88 bits per heavy atom. The molecule has 220 valence electrons. The molecule has 1 fully saturated rings. The summed E-state index contributed by atoms with van der Waals surface area (Å²) >= 11 is 0. The van der Waals surface area contributed by atoms with Crippen molar-refractivity contribution in [3.05, 3.63) is 47.5 Å². The van der Waals surface area contributed by atoms with E-state index in [1.165, 1.54) is 0 Å².